The van der Waals surface area contributed by atoms with Crippen molar-refractivity contribution in [2.45, 2.75) is 19.5 Å². The summed E-state index contributed by atoms with van der Waals surface area (Å²) in [4.78, 5) is 5.10. The van der Waals surface area contributed by atoms with Gasteiger partial charge in [0, 0.05) is 155 Å². The Bertz CT molecular complexity index is 981. The molecule has 0 atom stereocenters. The molecule has 2 aromatic rings. The highest BCUT2D eigenvalue weighted by molar-refractivity contribution is 5.46. The van der Waals surface area contributed by atoms with Crippen molar-refractivity contribution in [1.82, 2.24) is 52.3 Å². The van der Waals surface area contributed by atoms with Crippen LogP contribution in [0.2, 0.25) is 0 Å². The summed E-state index contributed by atoms with van der Waals surface area (Å²) in [5, 5.41) is 35.6. The lowest BCUT2D eigenvalue weighted by molar-refractivity contribution is 0.263. The Morgan fingerprint density at radius 3 is 1.18 bits per heavy atom. The molecular weight excluding hydrogens is 612 g/mol. The van der Waals surface area contributed by atoms with Crippen LogP contribution in [-0.4, -0.2) is 154 Å². The lowest BCUT2D eigenvalue weighted by Crippen LogP contribution is -2.41. The SMILES string of the molecule is c1cc(CN2CCNCCNCCNCC2)cc(NCCNCCCNCCNc2cccc(CN3CCNCCNCCNCC3)c2)c1. The van der Waals surface area contributed by atoms with Gasteiger partial charge in [0.2, 0.25) is 0 Å². The number of rotatable bonds is 16. The summed E-state index contributed by atoms with van der Waals surface area (Å²) >= 11 is 0. The zero-order chi connectivity index (χ0) is 33.9. The van der Waals surface area contributed by atoms with E-state index in [9.17, 15) is 0 Å². The van der Waals surface area contributed by atoms with Gasteiger partial charge in [0.25, 0.3) is 0 Å². The summed E-state index contributed by atoms with van der Waals surface area (Å²) in [6.45, 7) is 24.4. The molecule has 0 aromatic heterocycles. The Hall–Kier alpha value is -2.36. The summed E-state index contributed by atoms with van der Waals surface area (Å²) in [7, 11) is 0. The van der Waals surface area contributed by atoms with Crippen LogP contribution in [-0.2, 0) is 13.1 Å². The normalized spacial score (nSPS) is 18.8. The van der Waals surface area contributed by atoms with E-state index in [1.54, 1.807) is 0 Å². The van der Waals surface area contributed by atoms with Crippen LogP contribution in [0.4, 0.5) is 11.4 Å². The van der Waals surface area contributed by atoms with E-state index in [4.69, 9.17) is 0 Å². The molecule has 0 saturated carbocycles. The predicted molar refractivity (Wildman–Crippen MR) is 208 cm³/mol. The third-order valence-corrected chi connectivity index (χ3v) is 8.97. The van der Waals surface area contributed by atoms with E-state index in [0.717, 1.165) is 163 Å². The first-order chi connectivity index (χ1) is 24.3. The van der Waals surface area contributed by atoms with E-state index in [1.165, 1.54) is 22.5 Å². The van der Waals surface area contributed by atoms with E-state index in [-0.39, 0.29) is 0 Å². The van der Waals surface area contributed by atoms with Crippen LogP contribution in [0, 0.1) is 0 Å². The van der Waals surface area contributed by atoms with Gasteiger partial charge in [-0.3, -0.25) is 9.80 Å². The van der Waals surface area contributed by atoms with Gasteiger partial charge < -0.3 is 53.2 Å². The molecule has 12 nitrogen and oxygen atoms in total. The summed E-state index contributed by atoms with van der Waals surface area (Å²) in [5.41, 5.74) is 5.15. The van der Waals surface area contributed by atoms with Crippen molar-refractivity contribution in [3.05, 3.63) is 59.7 Å². The van der Waals surface area contributed by atoms with Crippen LogP contribution in [0.5, 0.6) is 0 Å². The summed E-state index contributed by atoms with van der Waals surface area (Å²) in [5.74, 6) is 0. The second-order valence-electron chi connectivity index (χ2n) is 13.2. The number of benzene rings is 2. The van der Waals surface area contributed by atoms with Gasteiger partial charge in [0.15, 0.2) is 0 Å². The maximum absolute atomic E-state index is 3.61. The zero-order valence-corrected chi connectivity index (χ0v) is 30.2. The number of nitrogens with zero attached hydrogens (tertiary/aromatic N) is 2. The van der Waals surface area contributed by atoms with Crippen LogP contribution >= 0.6 is 0 Å². The average molecular weight is 681 g/mol. The third-order valence-electron chi connectivity index (χ3n) is 8.97. The quantitative estimate of drug-likeness (QED) is 0.109. The Balaban J connectivity index is 1.01. The molecule has 2 heterocycles. The molecule has 2 aliphatic heterocycles. The minimum Gasteiger partial charge on any atom is -0.384 e. The van der Waals surface area contributed by atoms with E-state index in [1.807, 2.05) is 0 Å². The minimum absolute atomic E-state index is 0.925. The fourth-order valence-corrected chi connectivity index (χ4v) is 6.20. The average Bonchev–Trinajstić information content (AvgIpc) is 3.10. The molecule has 276 valence electrons. The lowest BCUT2D eigenvalue weighted by Gasteiger charge is -2.24. The van der Waals surface area contributed by atoms with Crippen molar-refractivity contribution in [3.63, 3.8) is 0 Å². The van der Waals surface area contributed by atoms with Gasteiger partial charge in [0.1, 0.15) is 0 Å². The van der Waals surface area contributed by atoms with Gasteiger partial charge in [-0.15, -0.1) is 0 Å². The van der Waals surface area contributed by atoms with Gasteiger partial charge in [-0.1, -0.05) is 24.3 Å². The smallest absolute Gasteiger partial charge is 0.0343 e. The second-order valence-corrected chi connectivity index (χ2v) is 13.2. The van der Waals surface area contributed by atoms with E-state index >= 15 is 0 Å². The van der Waals surface area contributed by atoms with Crippen LogP contribution in [0.15, 0.2) is 48.5 Å². The molecule has 0 bridgehead atoms. The Kier molecular flexibility index (Phi) is 21.3. The standard InChI is InChI=1S/C37H68N12/c1-4-34(32-48-26-22-42-14-10-40-11-15-43-23-27-48)30-36(6-1)46-20-18-38-8-3-9-39-19-21-47-37-7-2-5-35(31-37)33-49-28-24-44-16-12-41-13-17-45-25-29-49/h1-2,4-7,30-31,38-47H,3,8-29,32-33H2. The second kappa shape index (κ2) is 26.4. The van der Waals surface area contributed by atoms with Crippen LogP contribution in [0.1, 0.15) is 17.5 Å². The summed E-state index contributed by atoms with van der Waals surface area (Å²) < 4.78 is 0. The van der Waals surface area contributed by atoms with Crippen LogP contribution < -0.4 is 53.2 Å². The van der Waals surface area contributed by atoms with Crippen molar-refractivity contribution in [3.8, 4) is 0 Å². The molecule has 0 aliphatic carbocycles. The lowest BCUT2D eigenvalue weighted by atomic mass is 10.2. The molecule has 0 unspecified atom stereocenters. The van der Waals surface area contributed by atoms with E-state index < -0.39 is 0 Å². The highest BCUT2D eigenvalue weighted by atomic mass is 15.2. The Labute approximate surface area is 297 Å². The largest absolute Gasteiger partial charge is 0.384 e. The maximum Gasteiger partial charge on any atom is 0.0343 e. The molecule has 4 rings (SSSR count). The molecule has 0 spiro atoms. The highest BCUT2D eigenvalue weighted by Gasteiger charge is 2.09. The molecule has 2 aromatic carbocycles. The molecule has 2 saturated heterocycles. The van der Waals surface area contributed by atoms with Crippen molar-refractivity contribution < 1.29 is 0 Å². The van der Waals surface area contributed by atoms with E-state index in [0.29, 0.717) is 0 Å². The van der Waals surface area contributed by atoms with Gasteiger partial charge in [0.05, 0.1) is 0 Å². The number of anilines is 2. The number of hydrogen-bond acceptors (Lipinski definition) is 12. The van der Waals surface area contributed by atoms with Gasteiger partial charge in [-0.2, -0.15) is 0 Å². The summed E-state index contributed by atoms with van der Waals surface area (Å²) in [6.07, 6.45) is 1.12. The van der Waals surface area contributed by atoms with Crippen molar-refractivity contribution in [2.75, 3.05) is 155 Å². The molecule has 49 heavy (non-hydrogen) atoms. The third kappa shape index (κ3) is 19.0. The molecule has 2 fully saturated rings. The Morgan fingerprint density at radius 2 is 0.796 bits per heavy atom. The van der Waals surface area contributed by atoms with Gasteiger partial charge in [-0.05, 0) is 54.9 Å². The molecule has 12 heteroatoms. The van der Waals surface area contributed by atoms with Gasteiger partial charge in [-0.25, -0.2) is 0 Å². The minimum atomic E-state index is 0.925. The molecule has 2 aliphatic rings. The zero-order valence-electron chi connectivity index (χ0n) is 30.2. The fourth-order valence-electron chi connectivity index (χ4n) is 6.20. The first-order valence-corrected chi connectivity index (χ1v) is 19.1. The first-order valence-electron chi connectivity index (χ1n) is 19.1. The summed E-state index contributed by atoms with van der Waals surface area (Å²) in [6, 6.07) is 17.8. The topological polar surface area (TPSA) is 127 Å². The number of hydrogen-bond donors (Lipinski definition) is 10. The Morgan fingerprint density at radius 1 is 0.429 bits per heavy atom. The molecular formula is C37H68N12. The first kappa shape index (κ1) is 39.4. The monoisotopic (exact) mass is 681 g/mol. The van der Waals surface area contributed by atoms with Crippen LogP contribution in [0.25, 0.3) is 0 Å². The number of nitrogens with one attached hydrogen (secondary N) is 10. The fraction of sp³-hybridized carbons (Fsp3) is 0.676. The van der Waals surface area contributed by atoms with Crippen molar-refractivity contribution in [2.24, 2.45) is 0 Å². The van der Waals surface area contributed by atoms with E-state index in [2.05, 4.69) is 111 Å². The van der Waals surface area contributed by atoms with Gasteiger partial charge >= 0.3 is 0 Å². The maximum atomic E-state index is 3.61. The van der Waals surface area contributed by atoms with Crippen molar-refractivity contribution >= 4 is 11.4 Å². The molecule has 10 N–H and O–H groups in total. The van der Waals surface area contributed by atoms with Crippen molar-refractivity contribution in [1.29, 1.82) is 0 Å². The molecule has 0 radical (unpaired) electrons. The van der Waals surface area contributed by atoms with Crippen LogP contribution in [0.3, 0.4) is 0 Å². The molecule has 0 amide bonds. The predicted octanol–water partition coefficient (Wildman–Crippen LogP) is -0.0513. The highest BCUT2D eigenvalue weighted by Crippen LogP contribution is 2.13.